The first-order chi connectivity index (χ1) is 4.06. The minimum Gasteiger partial charge on any atom is -0.329 e. The van der Waals surface area contributed by atoms with Crippen molar-refractivity contribution in [3.05, 3.63) is 0 Å². The Morgan fingerprint density at radius 1 is 1.56 bits per heavy atom. The topological polar surface area (TPSA) is 38.0 Å². The zero-order valence-corrected chi connectivity index (χ0v) is 5.45. The molecule has 0 heterocycles. The molecule has 0 bridgehead atoms. The van der Waals surface area contributed by atoms with Gasteiger partial charge in [-0.3, -0.25) is 0 Å². The molecule has 0 radical (unpaired) electrons. The summed E-state index contributed by atoms with van der Waals surface area (Å²) in [4.78, 5) is 0. The van der Waals surface area contributed by atoms with Crippen molar-refractivity contribution in [2.45, 2.75) is 12.8 Å². The Bertz CT molecular complexity index is 69.8. The lowest BCUT2D eigenvalue weighted by atomic mass is 10.4. The average Bonchev–Trinajstić information content (AvgIpc) is 1.63. The third-order valence-corrected chi connectivity index (χ3v) is 0.757. The third-order valence-electron chi connectivity index (χ3n) is 0.757. The molecule has 0 aromatic carbocycles. The van der Waals surface area contributed by atoms with E-state index in [4.69, 9.17) is 5.73 Å². The van der Waals surface area contributed by atoms with Crippen LogP contribution in [0.2, 0.25) is 0 Å². The van der Waals surface area contributed by atoms with Crippen molar-refractivity contribution < 1.29 is 8.78 Å². The van der Waals surface area contributed by atoms with Crippen LogP contribution in [0.4, 0.5) is 8.78 Å². The molecule has 0 amide bonds. The molecule has 0 saturated carbocycles. The summed E-state index contributed by atoms with van der Waals surface area (Å²) in [7, 11) is 0. The Kier molecular flexibility index (Phi) is 3.65. The summed E-state index contributed by atoms with van der Waals surface area (Å²) in [6, 6.07) is 0. The van der Waals surface area contributed by atoms with E-state index in [2.05, 4.69) is 5.32 Å². The molecular formula is C5H12F2N2. The van der Waals surface area contributed by atoms with E-state index in [0.29, 0.717) is 13.1 Å². The van der Waals surface area contributed by atoms with Gasteiger partial charge in [-0.2, -0.15) is 0 Å². The summed E-state index contributed by atoms with van der Waals surface area (Å²) in [5.74, 6) is -2.62. The van der Waals surface area contributed by atoms with E-state index in [1.807, 2.05) is 0 Å². The van der Waals surface area contributed by atoms with Crippen molar-refractivity contribution in [3.8, 4) is 0 Å². The van der Waals surface area contributed by atoms with Crippen LogP contribution in [0.1, 0.15) is 6.92 Å². The van der Waals surface area contributed by atoms with E-state index in [-0.39, 0.29) is 6.54 Å². The Balaban J connectivity index is 3.07. The molecule has 3 N–H and O–H groups in total. The second kappa shape index (κ2) is 3.74. The van der Waals surface area contributed by atoms with Crippen LogP contribution in [-0.2, 0) is 0 Å². The molecule has 2 nitrogen and oxygen atoms in total. The van der Waals surface area contributed by atoms with E-state index in [1.54, 1.807) is 0 Å². The van der Waals surface area contributed by atoms with Crippen LogP contribution in [0.25, 0.3) is 0 Å². The van der Waals surface area contributed by atoms with Gasteiger partial charge in [-0.1, -0.05) is 0 Å². The molecule has 0 aliphatic carbocycles. The van der Waals surface area contributed by atoms with Gasteiger partial charge in [0.25, 0.3) is 5.92 Å². The fourth-order valence-corrected chi connectivity index (χ4v) is 0.410. The summed E-state index contributed by atoms with van der Waals surface area (Å²) in [5, 5.41) is 2.50. The Hall–Kier alpha value is -0.220. The average molecular weight is 138 g/mol. The van der Waals surface area contributed by atoms with Crippen LogP contribution in [-0.4, -0.2) is 25.6 Å². The normalized spacial score (nSPS) is 12.0. The van der Waals surface area contributed by atoms with Gasteiger partial charge in [0.1, 0.15) is 0 Å². The van der Waals surface area contributed by atoms with E-state index >= 15 is 0 Å². The van der Waals surface area contributed by atoms with E-state index < -0.39 is 5.92 Å². The minimum absolute atomic E-state index is 0.288. The first-order valence-electron chi connectivity index (χ1n) is 2.85. The number of nitrogens with one attached hydrogen (secondary N) is 1. The second-order valence-corrected chi connectivity index (χ2v) is 2.04. The molecular weight excluding hydrogens is 126 g/mol. The molecule has 4 heteroatoms. The lowest BCUT2D eigenvalue weighted by Crippen LogP contribution is -2.33. The fourth-order valence-electron chi connectivity index (χ4n) is 0.410. The van der Waals surface area contributed by atoms with Crippen LogP contribution in [0.15, 0.2) is 0 Å². The number of halogens is 2. The smallest absolute Gasteiger partial charge is 0.257 e. The quantitative estimate of drug-likeness (QED) is 0.544. The van der Waals surface area contributed by atoms with Crippen molar-refractivity contribution in [2.75, 3.05) is 19.6 Å². The number of nitrogens with two attached hydrogens (primary N) is 1. The molecule has 9 heavy (non-hydrogen) atoms. The van der Waals surface area contributed by atoms with Crippen LogP contribution in [0.5, 0.6) is 0 Å². The monoisotopic (exact) mass is 138 g/mol. The van der Waals surface area contributed by atoms with E-state index in [0.717, 1.165) is 6.92 Å². The van der Waals surface area contributed by atoms with Crippen LogP contribution in [0, 0.1) is 0 Å². The molecule has 56 valence electrons. The Labute approximate surface area is 53.4 Å². The first-order valence-corrected chi connectivity index (χ1v) is 2.85. The van der Waals surface area contributed by atoms with Crippen molar-refractivity contribution >= 4 is 0 Å². The Morgan fingerprint density at radius 3 is 2.44 bits per heavy atom. The van der Waals surface area contributed by atoms with Gasteiger partial charge in [0, 0.05) is 20.0 Å². The highest BCUT2D eigenvalue weighted by Gasteiger charge is 2.19. The third kappa shape index (κ3) is 7.78. The van der Waals surface area contributed by atoms with Crippen LogP contribution in [0.3, 0.4) is 0 Å². The Morgan fingerprint density at radius 2 is 2.11 bits per heavy atom. The largest absolute Gasteiger partial charge is 0.329 e. The van der Waals surface area contributed by atoms with E-state index in [1.165, 1.54) is 0 Å². The molecule has 0 rings (SSSR count). The lowest BCUT2D eigenvalue weighted by Gasteiger charge is -2.09. The molecule has 0 saturated heterocycles. The summed E-state index contributed by atoms with van der Waals surface area (Å²) in [5.41, 5.74) is 5.05. The number of alkyl halides is 2. The summed E-state index contributed by atoms with van der Waals surface area (Å²) in [6.07, 6.45) is 0. The molecule has 0 unspecified atom stereocenters. The van der Waals surface area contributed by atoms with Gasteiger partial charge >= 0.3 is 0 Å². The van der Waals surface area contributed by atoms with Gasteiger partial charge in [-0.05, 0) is 0 Å². The molecule has 0 aliphatic heterocycles. The predicted molar refractivity (Wildman–Crippen MR) is 32.5 cm³/mol. The molecule has 0 atom stereocenters. The van der Waals surface area contributed by atoms with Gasteiger partial charge in [0.15, 0.2) is 0 Å². The van der Waals surface area contributed by atoms with Crippen LogP contribution < -0.4 is 11.1 Å². The zero-order valence-electron chi connectivity index (χ0n) is 5.45. The number of rotatable bonds is 4. The van der Waals surface area contributed by atoms with E-state index in [9.17, 15) is 8.78 Å². The van der Waals surface area contributed by atoms with Crippen molar-refractivity contribution in [2.24, 2.45) is 5.73 Å². The highest BCUT2D eigenvalue weighted by atomic mass is 19.3. The van der Waals surface area contributed by atoms with Gasteiger partial charge in [-0.15, -0.1) is 0 Å². The molecule has 0 fully saturated rings. The highest BCUT2D eigenvalue weighted by Crippen LogP contribution is 2.08. The standard InChI is InChI=1S/C5H12F2N2/c1-5(6,7)4-9-3-2-8/h9H,2-4,8H2,1H3. The maximum absolute atomic E-state index is 11.9. The SMILES string of the molecule is CC(F)(F)CNCCN. The van der Waals surface area contributed by atoms with Gasteiger partial charge in [0.2, 0.25) is 0 Å². The maximum Gasteiger partial charge on any atom is 0.257 e. The van der Waals surface area contributed by atoms with Gasteiger partial charge < -0.3 is 11.1 Å². The summed E-state index contributed by atoms with van der Waals surface area (Å²) >= 11 is 0. The van der Waals surface area contributed by atoms with Crippen LogP contribution >= 0.6 is 0 Å². The molecule has 0 aromatic heterocycles. The minimum atomic E-state index is -2.62. The highest BCUT2D eigenvalue weighted by molar-refractivity contribution is 4.61. The summed E-state index contributed by atoms with van der Waals surface area (Å²) < 4.78 is 23.9. The predicted octanol–water partition coefficient (Wildman–Crippen LogP) is 0.190. The van der Waals surface area contributed by atoms with Gasteiger partial charge in [-0.25, -0.2) is 8.78 Å². The fraction of sp³-hybridized carbons (Fsp3) is 1.00. The number of hydrogen-bond donors (Lipinski definition) is 2. The second-order valence-electron chi connectivity index (χ2n) is 2.04. The lowest BCUT2D eigenvalue weighted by molar-refractivity contribution is 0.0232. The molecule has 0 spiro atoms. The zero-order chi connectivity index (χ0) is 7.33. The molecule has 0 aromatic rings. The molecule has 0 aliphatic rings. The first kappa shape index (κ1) is 8.78. The van der Waals surface area contributed by atoms with Crippen molar-refractivity contribution in [1.82, 2.24) is 5.32 Å². The van der Waals surface area contributed by atoms with Crippen molar-refractivity contribution in [3.63, 3.8) is 0 Å². The van der Waals surface area contributed by atoms with Gasteiger partial charge in [0.05, 0.1) is 6.54 Å². The summed E-state index contributed by atoms with van der Waals surface area (Å²) in [6.45, 7) is 1.43. The number of hydrogen-bond acceptors (Lipinski definition) is 2. The van der Waals surface area contributed by atoms with Crippen molar-refractivity contribution in [1.29, 1.82) is 0 Å². The maximum atomic E-state index is 11.9.